The van der Waals surface area contributed by atoms with Crippen LogP contribution in [0, 0.1) is 11.8 Å². The van der Waals surface area contributed by atoms with Gasteiger partial charge < -0.3 is 5.32 Å². The van der Waals surface area contributed by atoms with E-state index in [0.717, 1.165) is 46.8 Å². The molecular formula is C18H27Cl2N. The molecule has 0 bridgehead atoms. The first-order valence-electron chi connectivity index (χ1n) is 8.28. The molecule has 1 saturated carbocycles. The molecule has 3 unspecified atom stereocenters. The Balaban J connectivity index is 2.12. The van der Waals surface area contributed by atoms with Crippen LogP contribution in [0.3, 0.4) is 0 Å². The molecule has 0 aromatic heterocycles. The van der Waals surface area contributed by atoms with E-state index in [1.807, 2.05) is 18.2 Å². The Kier molecular flexibility index (Phi) is 6.85. The quantitative estimate of drug-likeness (QED) is 0.703. The molecule has 21 heavy (non-hydrogen) atoms. The van der Waals surface area contributed by atoms with Crippen molar-refractivity contribution in [3.05, 3.63) is 33.8 Å². The zero-order valence-electron chi connectivity index (χ0n) is 13.2. The van der Waals surface area contributed by atoms with Crippen molar-refractivity contribution >= 4 is 23.2 Å². The number of benzene rings is 1. The minimum atomic E-state index is 0.491. The molecule has 0 heterocycles. The van der Waals surface area contributed by atoms with Gasteiger partial charge in [-0.15, -0.1) is 0 Å². The monoisotopic (exact) mass is 327 g/mol. The summed E-state index contributed by atoms with van der Waals surface area (Å²) in [6.45, 7) is 5.67. The Morgan fingerprint density at radius 2 is 1.95 bits per heavy atom. The van der Waals surface area contributed by atoms with Crippen molar-refractivity contribution in [2.24, 2.45) is 11.8 Å². The van der Waals surface area contributed by atoms with Gasteiger partial charge in [0, 0.05) is 16.1 Å². The van der Waals surface area contributed by atoms with Crippen molar-refractivity contribution in [3.63, 3.8) is 0 Å². The van der Waals surface area contributed by atoms with Crippen LogP contribution in [-0.4, -0.2) is 12.6 Å². The molecule has 1 aromatic rings. The second-order valence-corrected chi connectivity index (χ2v) is 7.31. The third-order valence-corrected chi connectivity index (χ3v) is 5.40. The van der Waals surface area contributed by atoms with Crippen LogP contribution in [-0.2, 0) is 6.42 Å². The highest BCUT2D eigenvalue weighted by atomic mass is 35.5. The first-order chi connectivity index (χ1) is 10.1. The molecule has 1 nitrogen and oxygen atoms in total. The first-order valence-corrected chi connectivity index (χ1v) is 9.03. The van der Waals surface area contributed by atoms with Crippen LogP contribution in [0.25, 0.3) is 0 Å². The molecule has 0 aliphatic heterocycles. The average Bonchev–Trinajstić information content (AvgIpc) is 2.46. The molecule has 2 rings (SSSR count). The van der Waals surface area contributed by atoms with E-state index >= 15 is 0 Å². The molecule has 1 aromatic carbocycles. The van der Waals surface area contributed by atoms with E-state index < -0.39 is 0 Å². The summed E-state index contributed by atoms with van der Waals surface area (Å²) in [5, 5.41) is 5.35. The zero-order chi connectivity index (χ0) is 15.2. The number of hydrogen-bond donors (Lipinski definition) is 1. The van der Waals surface area contributed by atoms with Gasteiger partial charge in [0.2, 0.25) is 0 Å². The van der Waals surface area contributed by atoms with E-state index in [9.17, 15) is 0 Å². The van der Waals surface area contributed by atoms with Gasteiger partial charge in [-0.25, -0.2) is 0 Å². The molecule has 0 radical (unpaired) electrons. The Bertz CT molecular complexity index is 427. The fourth-order valence-corrected chi connectivity index (χ4v) is 4.08. The number of halogens is 2. The van der Waals surface area contributed by atoms with Crippen LogP contribution in [0.2, 0.25) is 10.0 Å². The fourth-order valence-electron chi connectivity index (χ4n) is 3.53. The molecular weight excluding hydrogens is 301 g/mol. The topological polar surface area (TPSA) is 12.0 Å². The van der Waals surface area contributed by atoms with Gasteiger partial charge in [-0.05, 0) is 61.8 Å². The predicted molar refractivity (Wildman–Crippen MR) is 93.4 cm³/mol. The molecule has 1 aliphatic rings. The predicted octanol–water partition coefficient (Wildman–Crippen LogP) is 5.73. The van der Waals surface area contributed by atoms with Crippen molar-refractivity contribution in [3.8, 4) is 0 Å². The summed E-state index contributed by atoms with van der Waals surface area (Å²) in [6.07, 6.45) is 7.48. The van der Waals surface area contributed by atoms with Crippen molar-refractivity contribution in [1.29, 1.82) is 0 Å². The standard InChI is InChI=1S/C18H27Cl2N/c1-3-10-21-18(14-7-4-6-13(2)11-14)12-15-16(19)8-5-9-17(15)20/h5,8-9,13-14,18,21H,3-4,6-7,10-12H2,1-2H3. The first kappa shape index (κ1) is 17.1. The van der Waals surface area contributed by atoms with E-state index in [0.29, 0.717) is 6.04 Å². The lowest BCUT2D eigenvalue weighted by Gasteiger charge is -2.34. The van der Waals surface area contributed by atoms with Crippen molar-refractivity contribution in [2.45, 2.75) is 58.4 Å². The van der Waals surface area contributed by atoms with Gasteiger partial charge in [-0.3, -0.25) is 0 Å². The number of rotatable bonds is 6. The Labute approximate surface area is 139 Å². The molecule has 1 N–H and O–H groups in total. The molecule has 3 atom stereocenters. The molecule has 1 aliphatic carbocycles. The lowest BCUT2D eigenvalue weighted by Crippen LogP contribution is -2.40. The van der Waals surface area contributed by atoms with Crippen molar-refractivity contribution < 1.29 is 0 Å². The lowest BCUT2D eigenvalue weighted by atomic mass is 9.77. The van der Waals surface area contributed by atoms with E-state index in [1.165, 1.54) is 25.7 Å². The van der Waals surface area contributed by atoms with Crippen molar-refractivity contribution in [1.82, 2.24) is 5.32 Å². The average molecular weight is 328 g/mol. The van der Waals surface area contributed by atoms with E-state index in [1.54, 1.807) is 0 Å². The van der Waals surface area contributed by atoms with E-state index in [-0.39, 0.29) is 0 Å². The Morgan fingerprint density at radius 3 is 2.57 bits per heavy atom. The smallest absolute Gasteiger partial charge is 0.0453 e. The fraction of sp³-hybridized carbons (Fsp3) is 0.667. The third-order valence-electron chi connectivity index (χ3n) is 4.69. The van der Waals surface area contributed by atoms with Gasteiger partial charge in [-0.1, -0.05) is 56.0 Å². The number of nitrogens with one attached hydrogen (secondary N) is 1. The van der Waals surface area contributed by atoms with Crippen LogP contribution in [0.4, 0.5) is 0 Å². The summed E-state index contributed by atoms with van der Waals surface area (Å²) in [7, 11) is 0. The van der Waals surface area contributed by atoms with Gasteiger partial charge >= 0.3 is 0 Å². The summed E-state index contributed by atoms with van der Waals surface area (Å²) in [5.41, 5.74) is 1.10. The molecule has 0 spiro atoms. The maximum Gasteiger partial charge on any atom is 0.0453 e. The molecule has 118 valence electrons. The molecule has 3 heteroatoms. The second kappa shape index (κ2) is 8.41. The van der Waals surface area contributed by atoms with Gasteiger partial charge in [0.25, 0.3) is 0 Å². The summed E-state index contributed by atoms with van der Waals surface area (Å²) in [5.74, 6) is 1.59. The Morgan fingerprint density at radius 1 is 1.24 bits per heavy atom. The van der Waals surface area contributed by atoms with Crippen LogP contribution in [0.15, 0.2) is 18.2 Å². The normalized spacial score (nSPS) is 24.0. The van der Waals surface area contributed by atoms with Gasteiger partial charge in [0.05, 0.1) is 0 Å². The number of hydrogen-bond acceptors (Lipinski definition) is 1. The van der Waals surface area contributed by atoms with Crippen molar-refractivity contribution in [2.75, 3.05) is 6.54 Å². The van der Waals surface area contributed by atoms with E-state index in [4.69, 9.17) is 23.2 Å². The largest absolute Gasteiger partial charge is 0.313 e. The highest BCUT2D eigenvalue weighted by Gasteiger charge is 2.27. The second-order valence-electron chi connectivity index (χ2n) is 6.50. The maximum absolute atomic E-state index is 6.36. The molecule has 1 fully saturated rings. The Hall–Kier alpha value is -0.240. The van der Waals surface area contributed by atoms with Crippen LogP contribution < -0.4 is 5.32 Å². The van der Waals surface area contributed by atoms with E-state index in [2.05, 4.69) is 19.2 Å². The van der Waals surface area contributed by atoms with Gasteiger partial charge in [-0.2, -0.15) is 0 Å². The summed E-state index contributed by atoms with van der Waals surface area (Å²) >= 11 is 12.7. The van der Waals surface area contributed by atoms with Crippen LogP contribution >= 0.6 is 23.2 Å². The van der Waals surface area contributed by atoms with Gasteiger partial charge in [0.1, 0.15) is 0 Å². The minimum absolute atomic E-state index is 0.491. The minimum Gasteiger partial charge on any atom is -0.313 e. The molecule has 0 saturated heterocycles. The lowest BCUT2D eigenvalue weighted by molar-refractivity contribution is 0.221. The maximum atomic E-state index is 6.36. The SMILES string of the molecule is CCCNC(Cc1c(Cl)cccc1Cl)C1CCCC(C)C1. The highest BCUT2D eigenvalue weighted by molar-refractivity contribution is 6.36. The third kappa shape index (κ3) is 4.87. The van der Waals surface area contributed by atoms with Gasteiger partial charge in [0.15, 0.2) is 0 Å². The van der Waals surface area contributed by atoms with Crippen LogP contribution in [0.1, 0.15) is 51.5 Å². The summed E-state index contributed by atoms with van der Waals surface area (Å²) in [6, 6.07) is 6.31. The van der Waals surface area contributed by atoms with Crippen LogP contribution in [0.5, 0.6) is 0 Å². The molecule has 0 amide bonds. The summed E-state index contributed by atoms with van der Waals surface area (Å²) < 4.78 is 0. The highest BCUT2D eigenvalue weighted by Crippen LogP contribution is 2.34. The summed E-state index contributed by atoms with van der Waals surface area (Å²) in [4.78, 5) is 0. The zero-order valence-corrected chi connectivity index (χ0v) is 14.7.